The molecule has 2 aliphatic heterocycles. The molecule has 0 bridgehead atoms. The van der Waals surface area contributed by atoms with Gasteiger partial charge in [0.15, 0.2) is 0 Å². The second kappa shape index (κ2) is 7.53. The van der Waals surface area contributed by atoms with Crippen molar-refractivity contribution >= 4 is 11.9 Å². The zero-order valence-corrected chi connectivity index (χ0v) is 16.4. The van der Waals surface area contributed by atoms with Gasteiger partial charge in [0, 0.05) is 55.7 Å². The van der Waals surface area contributed by atoms with Crippen molar-refractivity contribution in [3.8, 4) is 0 Å². The quantitative estimate of drug-likeness (QED) is 0.886. The number of aromatic nitrogens is 4. The summed E-state index contributed by atoms with van der Waals surface area (Å²) in [6.45, 7) is 3.51. The Morgan fingerprint density at radius 1 is 1.04 bits per heavy atom. The molecule has 0 radical (unpaired) electrons. The Kier molecular flexibility index (Phi) is 4.74. The van der Waals surface area contributed by atoms with Gasteiger partial charge in [0.1, 0.15) is 11.5 Å². The monoisotopic (exact) mass is 380 g/mol. The van der Waals surface area contributed by atoms with Crippen molar-refractivity contribution in [1.82, 2.24) is 24.8 Å². The smallest absolute Gasteiger partial charge is 0.272 e. The third kappa shape index (κ3) is 3.27. The molecule has 148 valence electrons. The maximum Gasteiger partial charge on any atom is 0.272 e. The summed E-state index contributed by atoms with van der Waals surface area (Å²) in [7, 11) is 0. The van der Waals surface area contributed by atoms with Crippen molar-refractivity contribution < 1.29 is 4.79 Å². The Bertz CT molecular complexity index is 843. The van der Waals surface area contributed by atoms with Crippen LogP contribution in [0, 0.1) is 0 Å². The first kappa shape index (κ1) is 17.6. The molecule has 1 atom stereocenters. The highest BCUT2D eigenvalue weighted by Crippen LogP contribution is 2.29. The van der Waals surface area contributed by atoms with Crippen LogP contribution < -0.4 is 4.90 Å². The molecule has 0 aromatic carbocycles. The normalized spacial score (nSPS) is 22.4. The predicted octanol–water partition coefficient (Wildman–Crippen LogP) is 2.70. The van der Waals surface area contributed by atoms with E-state index in [1.54, 1.807) is 6.20 Å². The van der Waals surface area contributed by atoms with Crippen LogP contribution in [0.15, 0.2) is 12.4 Å². The predicted molar refractivity (Wildman–Crippen MR) is 107 cm³/mol. The van der Waals surface area contributed by atoms with E-state index >= 15 is 0 Å². The Balaban J connectivity index is 1.45. The van der Waals surface area contributed by atoms with Gasteiger partial charge in [-0.25, -0.2) is 15.0 Å². The second-order valence-corrected chi connectivity index (χ2v) is 8.26. The van der Waals surface area contributed by atoms with Crippen LogP contribution in [0.25, 0.3) is 0 Å². The summed E-state index contributed by atoms with van der Waals surface area (Å²) in [5.74, 6) is 2.11. The van der Waals surface area contributed by atoms with E-state index < -0.39 is 0 Å². The Hall–Kier alpha value is -2.44. The van der Waals surface area contributed by atoms with Crippen molar-refractivity contribution in [2.24, 2.45) is 0 Å². The molecular formula is C21H28N6O. The molecule has 2 saturated heterocycles. The molecule has 1 aliphatic carbocycles. The van der Waals surface area contributed by atoms with E-state index in [9.17, 15) is 4.79 Å². The van der Waals surface area contributed by atoms with Gasteiger partial charge < -0.3 is 14.8 Å². The number of H-pyrrole nitrogens is 1. The van der Waals surface area contributed by atoms with Gasteiger partial charge in [-0.15, -0.1) is 0 Å². The van der Waals surface area contributed by atoms with Gasteiger partial charge in [0.2, 0.25) is 5.95 Å². The highest BCUT2D eigenvalue weighted by Gasteiger charge is 2.31. The van der Waals surface area contributed by atoms with E-state index in [0.717, 1.165) is 81.2 Å². The maximum atomic E-state index is 13.5. The van der Waals surface area contributed by atoms with Crippen LogP contribution in [0.3, 0.4) is 0 Å². The number of aryl methyl sites for hydroxylation is 1. The van der Waals surface area contributed by atoms with E-state index in [1.807, 2.05) is 11.1 Å². The first-order valence-electron chi connectivity index (χ1n) is 10.7. The van der Waals surface area contributed by atoms with Crippen LogP contribution in [0.2, 0.25) is 0 Å². The van der Waals surface area contributed by atoms with E-state index in [-0.39, 0.29) is 11.8 Å². The molecule has 1 amide bonds. The molecule has 2 fully saturated rings. The van der Waals surface area contributed by atoms with Gasteiger partial charge >= 0.3 is 0 Å². The molecule has 7 nitrogen and oxygen atoms in total. The Morgan fingerprint density at radius 2 is 1.89 bits per heavy atom. The highest BCUT2D eigenvalue weighted by atomic mass is 16.2. The van der Waals surface area contributed by atoms with E-state index in [0.29, 0.717) is 12.2 Å². The fourth-order valence-electron chi connectivity index (χ4n) is 4.85. The molecule has 5 rings (SSSR count). The summed E-state index contributed by atoms with van der Waals surface area (Å²) < 4.78 is 0. The van der Waals surface area contributed by atoms with Gasteiger partial charge in [-0.05, 0) is 51.4 Å². The number of fused-ring (bicyclic) bond motifs is 1. The number of nitrogens with one attached hydrogen (secondary N) is 1. The fraction of sp³-hybridized carbons (Fsp3) is 0.619. The standard InChI is InChI=1S/C21H28N6O/c28-20(27-13-5-6-15(14-27)19-22-9-10-23-19)18-16-7-1-2-8-17(16)24-21(25-18)26-11-3-4-12-26/h9-10,15H,1-8,11-14H2,(H,22,23). The van der Waals surface area contributed by atoms with E-state index in [2.05, 4.69) is 14.9 Å². The first-order chi connectivity index (χ1) is 13.8. The summed E-state index contributed by atoms with van der Waals surface area (Å²) in [5.41, 5.74) is 2.86. The average molecular weight is 380 g/mol. The van der Waals surface area contributed by atoms with Crippen LogP contribution in [-0.2, 0) is 12.8 Å². The summed E-state index contributed by atoms with van der Waals surface area (Å²) in [6, 6.07) is 0. The minimum atomic E-state index is 0.0808. The van der Waals surface area contributed by atoms with Gasteiger partial charge in [-0.3, -0.25) is 4.79 Å². The van der Waals surface area contributed by atoms with Crippen LogP contribution in [0.1, 0.15) is 72.0 Å². The van der Waals surface area contributed by atoms with Crippen LogP contribution in [0.4, 0.5) is 5.95 Å². The number of hydrogen-bond acceptors (Lipinski definition) is 5. The van der Waals surface area contributed by atoms with Crippen LogP contribution in [-0.4, -0.2) is 56.9 Å². The van der Waals surface area contributed by atoms with Crippen molar-refractivity contribution in [2.75, 3.05) is 31.1 Å². The first-order valence-corrected chi connectivity index (χ1v) is 10.7. The number of aromatic amines is 1. The van der Waals surface area contributed by atoms with E-state index in [1.165, 1.54) is 12.8 Å². The average Bonchev–Trinajstić information content (AvgIpc) is 3.47. The molecule has 7 heteroatoms. The lowest BCUT2D eigenvalue weighted by atomic mass is 9.93. The van der Waals surface area contributed by atoms with Crippen molar-refractivity contribution in [2.45, 2.75) is 57.3 Å². The number of rotatable bonds is 3. The topological polar surface area (TPSA) is 78.0 Å². The number of carbonyl (C=O) groups excluding carboxylic acids is 1. The third-order valence-electron chi connectivity index (χ3n) is 6.38. The number of likely N-dealkylation sites (tertiary alicyclic amines) is 1. The molecule has 28 heavy (non-hydrogen) atoms. The molecule has 0 saturated carbocycles. The summed E-state index contributed by atoms with van der Waals surface area (Å²) in [5, 5.41) is 0. The fourth-order valence-corrected chi connectivity index (χ4v) is 4.85. The summed E-state index contributed by atoms with van der Waals surface area (Å²) in [4.78, 5) is 35.1. The van der Waals surface area contributed by atoms with Crippen molar-refractivity contribution in [3.05, 3.63) is 35.2 Å². The second-order valence-electron chi connectivity index (χ2n) is 8.26. The number of nitrogens with zero attached hydrogens (tertiary/aromatic N) is 5. The van der Waals surface area contributed by atoms with Crippen LogP contribution >= 0.6 is 0 Å². The summed E-state index contributed by atoms with van der Waals surface area (Å²) in [6.07, 6.45) is 12.2. The lowest BCUT2D eigenvalue weighted by molar-refractivity contribution is 0.0697. The minimum absolute atomic E-state index is 0.0808. The largest absolute Gasteiger partial charge is 0.348 e. The number of anilines is 1. The zero-order chi connectivity index (χ0) is 18.9. The van der Waals surface area contributed by atoms with Gasteiger partial charge in [-0.2, -0.15) is 0 Å². The minimum Gasteiger partial charge on any atom is -0.348 e. The molecule has 3 aliphatic rings. The SMILES string of the molecule is O=C(c1nc(N2CCCC2)nc2c1CCCC2)N1CCCC(c2ncc[nH]2)C1. The van der Waals surface area contributed by atoms with Crippen LogP contribution in [0.5, 0.6) is 0 Å². The van der Waals surface area contributed by atoms with Crippen molar-refractivity contribution in [3.63, 3.8) is 0 Å². The van der Waals surface area contributed by atoms with Crippen molar-refractivity contribution in [1.29, 1.82) is 0 Å². The number of hydrogen-bond donors (Lipinski definition) is 1. The lowest BCUT2D eigenvalue weighted by Crippen LogP contribution is -2.40. The molecule has 4 heterocycles. The summed E-state index contributed by atoms with van der Waals surface area (Å²) >= 11 is 0. The molecule has 2 aromatic heterocycles. The maximum absolute atomic E-state index is 13.5. The van der Waals surface area contributed by atoms with Gasteiger partial charge in [0.05, 0.1) is 0 Å². The molecule has 1 unspecified atom stereocenters. The Labute approximate surface area is 165 Å². The zero-order valence-electron chi connectivity index (χ0n) is 16.4. The van der Waals surface area contributed by atoms with Gasteiger partial charge in [-0.1, -0.05) is 0 Å². The lowest BCUT2D eigenvalue weighted by Gasteiger charge is -2.32. The Morgan fingerprint density at radius 3 is 2.71 bits per heavy atom. The van der Waals surface area contributed by atoms with Gasteiger partial charge in [0.25, 0.3) is 5.91 Å². The molecule has 2 aromatic rings. The molecule has 0 spiro atoms. The third-order valence-corrected chi connectivity index (χ3v) is 6.38. The highest BCUT2D eigenvalue weighted by molar-refractivity contribution is 5.94. The van der Waals surface area contributed by atoms with E-state index in [4.69, 9.17) is 9.97 Å². The molecule has 1 N–H and O–H groups in total. The number of carbonyl (C=O) groups is 1. The molecular weight excluding hydrogens is 352 g/mol. The number of piperidine rings is 1. The number of imidazole rings is 1. The number of amides is 1.